The molecule has 1 N–H and O–H groups in total. The van der Waals surface area contributed by atoms with Crippen LogP contribution in [0.4, 0.5) is 5.82 Å². The van der Waals surface area contributed by atoms with Gasteiger partial charge in [-0.2, -0.15) is 0 Å². The lowest BCUT2D eigenvalue weighted by Gasteiger charge is -2.33. The van der Waals surface area contributed by atoms with E-state index in [2.05, 4.69) is 46.5 Å². The maximum atomic E-state index is 12.5. The van der Waals surface area contributed by atoms with E-state index in [1.54, 1.807) is 22.9 Å². The highest BCUT2D eigenvalue weighted by atomic mass is 16.2. The number of amides is 2. The second-order valence-corrected chi connectivity index (χ2v) is 6.42. The van der Waals surface area contributed by atoms with E-state index in [1.165, 1.54) is 11.8 Å². The van der Waals surface area contributed by atoms with Crippen LogP contribution in [0.2, 0.25) is 0 Å². The molecule has 1 aromatic carbocycles. The molecule has 0 unspecified atom stereocenters. The van der Waals surface area contributed by atoms with Crippen molar-refractivity contribution in [1.29, 1.82) is 0 Å². The second kappa shape index (κ2) is 7.95. The van der Waals surface area contributed by atoms with Crippen molar-refractivity contribution in [3.8, 4) is 0 Å². The minimum Gasteiger partial charge on any atom is -0.365 e. The summed E-state index contributed by atoms with van der Waals surface area (Å²) < 4.78 is 0. The monoisotopic (exact) mass is 353 g/mol. The molecule has 1 aliphatic rings. The highest BCUT2D eigenvalue weighted by Crippen LogP contribution is 2.10. The van der Waals surface area contributed by atoms with Gasteiger partial charge in [-0.25, -0.2) is 9.97 Å². The van der Waals surface area contributed by atoms with E-state index < -0.39 is 0 Å². The molecule has 2 amide bonds. The van der Waals surface area contributed by atoms with Gasteiger partial charge in [0.15, 0.2) is 0 Å². The van der Waals surface area contributed by atoms with Gasteiger partial charge in [0.05, 0.1) is 12.4 Å². The zero-order chi connectivity index (χ0) is 18.5. The van der Waals surface area contributed by atoms with Gasteiger partial charge in [0, 0.05) is 39.6 Å². The summed E-state index contributed by atoms with van der Waals surface area (Å²) in [7, 11) is 0. The Balaban J connectivity index is 1.54. The number of rotatable bonds is 4. The van der Waals surface area contributed by atoms with Gasteiger partial charge >= 0.3 is 0 Å². The Hall–Kier alpha value is -2.96. The van der Waals surface area contributed by atoms with Crippen LogP contribution in [-0.2, 0) is 11.3 Å². The first-order chi connectivity index (χ1) is 12.5. The van der Waals surface area contributed by atoms with Crippen molar-refractivity contribution < 1.29 is 9.59 Å². The molecule has 1 aliphatic heterocycles. The van der Waals surface area contributed by atoms with E-state index in [0.29, 0.717) is 44.2 Å². The normalized spacial score (nSPS) is 14.2. The molecule has 0 bridgehead atoms. The van der Waals surface area contributed by atoms with E-state index in [4.69, 9.17) is 0 Å². The summed E-state index contributed by atoms with van der Waals surface area (Å²) in [6.07, 6.45) is 3.07. The fourth-order valence-electron chi connectivity index (χ4n) is 2.81. The fraction of sp³-hybridized carbons (Fsp3) is 0.368. The van der Waals surface area contributed by atoms with Crippen LogP contribution in [0.25, 0.3) is 0 Å². The largest absolute Gasteiger partial charge is 0.365 e. The molecular formula is C19H23N5O2. The standard InChI is InChI=1S/C19H23N5O2/c1-14-3-5-16(6-4-14)11-21-18-13-20-17(12-22-18)19(26)24-9-7-23(8-10-24)15(2)25/h3-6,12-13H,7-11H2,1-2H3,(H,21,22). The molecule has 0 spiro atoms. The van der Waals surface area contributed by atoms with Crippen molar-refractivity contribution in [2.75, 3.05) is 31.5 Å². The Morgan fingerprint density at radius 1 is 1.00 bits per heavy atom. The Labute approximate surface area is 153 Å². The van der Waals surface area contributed by atoms with E-state index >= 15 is 0 Å². The minimum atomic E-state index is -0.147. The zero-order valence-electron chi connectivity index (χ0n) is 15.1. The summed E-state index contributed by atoms with van der Waals surface area (Å²) >= 11 is 0. The number of anilines is 1. The summed E-state index contributed by atoms with van der Waals surface area (Å²) in [6, 6.07) is 8.26. The van der Waals surface area contributed by atoms with Crippen molar-refractivity contribution in [2.45, 2.75) is 20.4 Å². The molecule has 7 nitrogen and oxygen atoms in total. The average molecular weight is 353 g/mol. The van der Waals surface area contributed by atoms with E-state index in [1.807, 2.05) is 0 Å². The molecule has 136 valence electrons. The summed E-state index contributed by atoms with van der Waals surface area (Å²) in [6.45, 7) is 6.41. The third-order valence-corrected chi connectivity index (χ3v) is 4.48. The van der Waals surface area contributed by atoms with Gasteiger partial charge in [-0.3, -0.25) is 9.59 Å². The maximum absolute atomic E-state index is 12.5. The predicted molar refractivity (Wildman–Crippen MR) is 98.7 cm³/mol. The van der Waals surface area contributed by atoms with Crippen molar-refractivity contribution in [3.63, 3.8) is 0 Å². The average Bonchev–Trinajstić information content (AvgIpc) is 2.67. The van der Waals surface area contributed by atoms with Crippen LogP contribution in [-0.4, -0.2) is 57.8 Å². The summed E-state index contributed by atoms with van der Waals surface area (Å²) in [4.78, 5) is 35.8. The lowest BCUT2D eigenvalue weighted by atomic mass is 10.1. The number of carbonyl (C=O) groups excluding carboxylic acids is 2. The fourth-order valence-corrected chi connectivity index (χ4v) is 2.81. The van der Waals surface area contributed by atoms with Crippen LogP contribution in [0.15, 0.2) is 36.7 Å². The van der Waals surface area contributed by atoms with E-state index in [0.717, 1.165) is 5.56 Å². The van der Waals surface area contributed by atoms with Crippen molar-refractivity contribution in [1.82, 2.24) is 19.8 Å². The number of nitrogens with zero attached hydrogens (tertiary/aromatic N) is 4. The Kier molecular flexibility index (Phi) is 5.46. The molecule has 2 heterocycles. The smallest absolute Gasteiger partial charge is 0.274 e. The highest BCUT2D eigenvalue weighted by molar-refractivity contribution is 5.92. The van der Waals surface area contributed by atoms with Gasteiger partial charge < -0.3 is 15.1 Å². The Morgan fingerprint density at radius 2 is 1.65 bits per heavy atom. The van der Waals surface area contributed by atoms with Crippen LogP contribution >= 0.6 is 0 Å². The molecule has 0 atom stereocenters. The van der Waals surface area contributed by atoms with Crippen LogP contribution in [0.1, 0.15) is 28.5 Å². The number of benzene rings is 1. The number of hydrogen-bond donors (Lipinski definition) is 1. The van der Waals surface area contributed by atoms with E-state index in [9.17, 15) is 9.59 Å². The number of aryl methyl sites for hydroxylation is 1. The van der Waals surface area contributed by atoms with Crippen molar-refractivity contribution in [3.05, 3.63) is 53.5 Å². The second-order valence-electron chi connectivity index (χ2n) is 6.42. The molecular weight excluding hydrogens is 330 g/mol. The molecule has 7 heteroatoms. The lowest BCUT2D eigenvalue weighted by molar-refractivity contribution is -0.130. The van der Waals surface area contributed by atoms with Gasteiger partial charge in [0.25, 0.3) is 5.91 Å². The number of piperazine rings is 1. The van der Waals surface area contributed by atoms with Crippen LogP contribution in [0.5, 0.6) is 0 Å². The van der Waals surface area contributed by atoms with Gasteiger partial charge in [-0.1, -0.05) is 29.8 Å². The maximum Gasteiger partial charge on any atom is 0.274 e. The van der Waals surface area contributed by atoms with Crippen molar-refractivity contribution in [2.24, 2.45) is 0 Å². The molecule has 2 aromatic rings. The third-order valence-electron chi connectivity index (χ3n) is 4.48. The summed E-state index contributed by atoms with van der Waals surface area (Å²) in [5, 5.41) is 3.20. The number of nitrogens with one attached hydrogen (secondary N) is 1. The summed E-state index contributed by atoms with van der Waals surface area (Å²) in [5.41, 5.74) is 2.70. The first-order valence-corrected chi connectivity index (χ1v) is 8.69. The molecule has 0 radical (unpaired) electrons. The molecule has 3 rings (SSSR count). The van der Waals surface area contributed by atoms with Crippen LogP contribution in [0, 0.1) is 6.92 Å². The van der Waals surface area contributed by atoms with E-state index in [-0.39, 0.29) is 11.8 Å². The minimum absolute atomic E-state index is 0.0425. The Bertz CT molecular complexity index is 766. The van der Waals surface area contributed by atoms with Gasteiger partial charge in [-0.05, 0) is 12.5 Å². The third kappa shape index (κ3) is 4.36. The van der Waals surface area contributed by atoms with Crippen LogP contribution in [0.3, 0.4) is 0 Å². The topological polar surface area (TPSA) is 78.4 Å². The molecule has 1 fully saturated rings. The molecule has 0 saturated carbocycles. The number of hydrogen-bond acceptors (Lipinski definition) is 5. The first kappa shape index (κ1) is 17.8. The SMILES string of the molecule is CC(=O)N1CCN(C(=O)c2cnc(NCc3ccc(C)cc3)cn2)CC1. The number of carbonyl (C=O) groups is 2. The van der Waals surface area contributed by atoms with Crippen LogP contribution < -0.4 is 5.32 Å². The van der Waals surface area contributed by atoms with Gasteiger partial charge in [0.1, 0.15) is 11.5 Å². The number of aromatic nitrogens is 2. The van der Waals surface area contributed by atoms with Gasteiger partial charge in [0.2, 0.25) is 5.91 Å². The predicted octanol–water partition coefficient (Wildman–Crippen LogP) is 1.70. The highest BCUT2D eigenvalue weighted by Gasteiger charge is 2.24. The van der Waals surface area contributed by atoms with Gasteiger partial charge in [-0.15, -0.1) is 0 Å². The molecule has 26 heavy (non-hydrogen) atoms. The van der Waals surface area contributed by atoms with Crippen molar-refractivity contribution >= 4 is 17.6 Å². The molecule has 1 saturated heterocycles. The molecule has 0 aliphatic carbocycles. The zero-order valence-corrected chi connectivity index (χ0v) is 15.1. The lowest BCUT2D eigenvalue weighted by Crippen LogP contribution is -2.50. The first-order valence-electron chi connectivity index (χ1n) is 8.69. The Morgan fingerprint density at radius 3 is 2.23 bits per heavy atom. The summed E-state index contributed by atoms with van der Waals surface area (Å²) in [5.74, 6) is 0.523. The quantitative estimate of drug-likeness (QED) is 0.905. The molecule has 1 aromatic heterocycles.